The van der Waals surface area contributed by atoms with E-state index in [0.29, 0.717) is 17.0 Å². The SMILES string of the molecule is O=C(O)c1c(F)ccc2c1OB(O)[C@@H](NC(=O)C(NC(=O)N1CCN(C3CCN(C(=O)c4cc(F)c(F)c(O)c4F)CC3)C1=O)c1cc(F)c(O)c(O)c1Cl)C2. The molecule has 6 rings (SSSR count). The summed E-state index contributed by atoms with van der Waals surface area (Å²) in [6.07, 6.45) is -0.159. The van der Waals surface area contributed by atoms with Gasteiger partial charge in [0.1, 0.15) is 23.2 Å². The molecular formula is C33H28BClF5N5O11. The van der Waals surface area contributed by atoms with E-state index in [1.807, 2.05) is 0 Å². The number of carboxylic acid groups (broad SMARTS) is 1. The zero-order valence-corrected chi connectivity index (χ0v) is 29.1. The van der Waals surface area contributed by atoms with Gasteiger partial charge in [0.2, 0.25) is 11.7 Å². The minimum absolute atomic E-state index is 0.0489. The number of benzene rings is 3. The van der Waals surface area contributed by atoms with E-state index in [2.05, 4.69) is 10.6 Å². The number of piperidine rings is 1. The van der Waals surface area contributed by atoms with Gasteiger partial charge in [-0.2, -0.15) is 4.39 Å². The molecule has 3 aromatic carbocycles. The quantitative estimate of drug-likeness (QED) is 0.0794. The number of hydrogen-bond acceptors (Lipinski definition) is 10. The van der Waals surface area contributed by atoms with Crippen LogP contribution in [0.2, 0.25) is 5.02 Å². The van der Waals surface area contributed by atoms with Gasteiger partial charge in [-0.05, 0) is 43.0 Å². The largest absolute Gasteiger partial charge is 0.547 e. The standard InChI is InChI=1S/C33H28BClF5N5O11/c35-21-14(10-18(38)25(46)26(21)47)24(29(49)41-19-9-12-1-2-16(36)20(31(51)52)28(12)56-34(19)55)42-32(53)45-8-7-44(33(45)54)13-3-5-43(6-4-13)30(50)15-11-17(37)23(40)27(48)22(15)39/h1-2,10-11,13,19,24,46-48,55H,3-9H2,(H,41,49)(H,42,53)(H,51,52)/t19-,24?/m0/s1. The molecule has 0 aromatic heterocycles. The summed E-state index contributed by atoms with van der Waals surface area (Å²) in [4.78, 5) is 68.4. The highest BCUT2D eigenvalue weighted by Crippen LogP contribution is 2.41. The fraction of sp³-hybridized carbons (Fsp3) is 0.303. The van der Waals surface area contributed by atoms with Crippen molar-refractivity contribution in [3.8, 4) is 23.0 Å². The fourth-order valence-corrected chi connectivity index (χ4v) is 6.97. The van der Waals surface area contributed by atoms with Gasteiger partial charge < -0.3 is 50.5 Å². The van der Waals surface area contributed by atoms with Crippen molar-refractivity contribution in [1.82, 2.24) is 25.3 Å². The lowest BCUT2D eigenvalue weighted by Crippen LogP contribution is -2.56. The average molecular weight is 812 g/mol. The number of amides is 6. The van der Waals surface area contributed by atoms with Crippen LogP contribution in [-0.2, 0) is 11.2 Å². The van der Waals surface area contributed by atoms with Crippen molar-refractivity contribution in [2.45, 2.75) is 37.3 Å². The lowest BCUT2D eigenvalue weighted by molar-refractivity contribution is -0.123. The number of fused-ring (bicyclic) bond motifs is 1. The maximum absolute atomic E-state index is 14.7. The third-order valence-electron chi connectivity index (χ3n) is 9.63. The molecule has 2 saturated heterocycles. The molecule has 7 N–H and O–H groups in total. The molecule has 3 aliphatic rings. The van der Waals surface area contributed by atoms with Crippen LogP contribution >= 0.6 is 11.6 Å². The summed E-state index contributed by atoms with van der Waals surface area (Å²) in [5, 5.41) is 53.4. The van der Waals surface area contributed by atoms with Gasteiger partial charge in [0.25, 0.3) is 5.91 Å². The summed E-state index contributed by atoms with van der Waals surface area (Å²) >= 11 is 6.15. The van der Waals surface area contributed by atoms with Crippen molar-refractivity contribution in [1.29, 1.82) is 0 Å². The normalized spacial score (nSPS) is 17.7. The molecule has 23 heteroatoms. The Hall–Kier alpha value is -6.03. The molecule has 16 nitrogen and oxygen atoms in total. The van der Waals surface area contributed by atoms with Crippen molar-refractivity contribution in [2.75, 3.05) is 26.2 Å². The van der Waals surface area contributed by atoms with Gasteiger partial charge in [-0.1, -0.05) is 17.7 Å². The van der Waals surface area contributed by atoms with Gasteiger partial charge in [-0.3, -0.25) is 9.59 Å². The van der Waals surface area contributed by atoms with E-state index in [1.165, 1.54) is 4.90 Å². The van der Waals surface area contributed by atoms with E-state index in [4.69, 9.17) is 16.3 Å². The maximum Gasteiger partial charge on any atom is 0.547 e. The average Bonchev–Trinajstić information content (AvgIpc) is 3.56. The summed E-state index contributed by atoms with van der Waals surface area (Å²) in [5.41, 5.74) is -2.34. The number of carbonyl (C=O) groups is 5. The van der Waals surface area contributed by atoms with Crippen LogP contribution in [0, 0.1) is 29.1 Å². The maximum atomic E-state index is 14.7. The van der Waals surface area contributed by atoms with Crippen molar-refractivity contribution in [3.05, 3.63) is 80.6 Å². The molecule has 56 heavy (non-hydrogen) atoms. The Labute approximate surface area is 316 Å². The Morgan fingerprint density at radius 2 is 1.57 bits per heavy atom. The molecular weight excluding hydrogens is 784 g/mol. The first kappa shape index (κ1) is 39.7. The Morgan fingerprint density at radius 3 is 2.23 bits per heavy atom. The Morgan fingerprint density at radius 1 is 0.893 bits per heavy atom. The Balaban J connectivity index is 1.17. The first-order valence-electron chi connectivity index (χ1n) is 16.5. The highest BCUT2D eigenvalue weighted by Gasteiger charge is 2.43. The third-order valence-corrected chi connectivity index (χ3v) is 10.0. The summed E-state index contributed by atoms with van der Waals surface area (Å²) in [6, 6.07) is -1.91. The van der Waals surface area contributed by atoms with Crippen molar-refractivity contribution < 1.29 is 76.0 Å². The molecule has 2 fully saturated rings. The zero-order chi connectivity index (χ0) is 40.9. The van der Waals surface area contributed by atoms with Gasteiger partial charge in [0.15, 0.2) is 34.7 Å². The number of likely N-dealkylation sites (tertiary alicyclic amines) is 1. The molecule has 0 spiro atoms. The van der Waals surface area contributed by atoms with Gasteiger partial charge in [0, 0.05) is 37.8 Å². The number of rotatable bonds is 7. The van der Waals surface area contributed by atoms with Crippen LogP contribution in [0.3, 0.4) is 0 Å². The summed E-state index contributed by atoms with van der Waals surface area (Å²) in [6.45, 7) is -0.492. The molecule has 3 heterocycles. The van der Waals surface area contributed by atoms with Crippen LogP contribution in [0.5, 0.6) is 23.0 Å². The van der Waals surface area contributed by atoms with Gasteiger partial charge in [-0.15, -0.1) is 0 Å². The fourth-order valence-electron chi connectivity index (χ4n) is 6.72. The van der Waals surface area contributed by atoms with Crippen LogP contribution in [0.25, 0.3) is 0 Å². The smallest absolute Gasteiger partial charge is 0.534 e. The molecule has 0 aliphatic carbocycles. The zero-order valence-electron chi connectivity index (χ0n) is 28.4. The molecule has 296 valence electrons. The predicted molar refractivity (Wildman–Crippen MR) is 179 cm³/mol. The molecule has 0 bridgehead atoms. The number of phenolic OH excluding ortho intramolecular Hbond substituents is 3. The van der Waals surface area contributed by atoms with Crippen LogP contribution < -0.4 is 15.3 Å². The highest BCUT2D eigenvalue weighted by molar-refractivity contribution is 6.47. The predicted octanol–water partition coefficient (Wildman–Crippen LogP) is 2.78. The molecule has 3 aromatic rings. The monoisotopic (exact) mass is 811 g/mol. The lowest BCUT2D eigenvalue weighted by Gasteiger charge is -2.36. The molecule has 0 saturated carbocycles. The minimum atomic E-state index is -2.04. The first-order chi connectivity index (χ1) is 26.4. The van der Waals surface area contributed by atoms with Gasteiger partial charge in [-0.25, -0.2) is 36.8 Å². The van der Waals surface area contributed by atoms with Crippen molar-refractivity contribution in [3.63, 3.8) is 0 Å². The number of aromatic carboxylic acids is 1. The number of halogens is 6. The van der Waals surface area contributed by atoms with E-state index >= 15 is 0 Å². The number of imide groups is 1. The number of nitrogens with zero attached hydrogens (tertiary/aromatic N) is 3. The second kappa shape index (κ2) is 15.2. The van der Waals surface area contributed by atoms with Crippen LogP contribution in [0.15, 0.2) is 24.3 Å². The topological polar surface area (TPSA) is 230 Å². The second-order valence-corrected chi connectivity index (χ2v) is 13.3. The Bertz CT molecular complexity index is 2180. The third kappa shape index (κ3) is 7.12. The summed E-state index contributed by atoms with van der Waals surface area (Å²) in [5.74, 6) is -17.8. The van der Waals surface area contributed by atoms with E-state index in [9.17, 15) is 71.4 Å². The van der Waals surface area contributed by atoms with E-state index in [0.717, 1.165) is 17.0 Å². The number of hydrogen-bond donors (Lipinski definition) is 7. The van der Waals surface area contributed by atoms with E-state index < -0.39 is 129 Å². The summed E-state index contributed by atoms with van der Waals surface area (Å²) < 4.78 is 75.8. The van der Waals surface area contributed by atoms with Crippen molar-refractivity contribution in [2.24, 2.45) is 0 Å². The number of phenols is 3. The highest BCUT2D eigenvalue weighted by atomic mass is 35.5. The lowest BCUT2D eigenvalue weighted by atomic mass is 9.72. The van der Waals surface area contributed by atoms with Crippen LogP contribution in [0.1, 0.15) is 50.7 Å². The number of urea groups is 2. The van der Waals surface area contributed by atoms with E-state index in [-0.39, 0.29) is 51.0 Å². The van der Waals surface area contributed by atoms with Crippen molar-refractivity contribution >= 4 is 48.6 Å². The summed E-state index contributed by atoms with van der Waals surface area (Å²) in [7, 11) is -1.98. The van der Waals surface area contributed by atoms with Crippen LogP contribution in [-0.4, -0.2) is 115 Å². The van der Waals surface area contributed by atoms with Crippen LogP contribution in [0.4, 0.5) is 31.5 Å². The van der Waals surface area contributed by atoms with Gasteiger partial charge in [0.05, 0.1) is 16.5 Å². The minimum Gasteiger partial charge on any atom is -0.534 e. The number of carbonyl (C=O) groups excluding carboxylic acids is 4. The number of aromatic hydroxyl groups is 3. The Kier molecular flexibility index (Phi) is 10.8. The molecule has 0 radical (unpaired) electrons. The number of nitrogens with one attached hydrogen (secondary N) is 2. The molecule has 1 unspecified atom stereocenters. The molecule has 6 amide bonds. The van der Waals surface area contributed by atoms with Gasteiger partial charge >= 0.3 is 25.1 Å². The second-order valence-electron chi connectivity index (χ2n) is 12.9. The molecule has 3 aliphatic heterocycles. The molecule has 2 atom stereocenters. The number of carboxylic acids is 1. The first-order valence-corrected chi connectivity index (χ1v) is 16.9. The van der Waals surface area contributed by atoms with E-state index in [1.54, 1.807) is 0 Å².